The number of ether oxygens (including phenoxy) is 2. The zero-order valence-corrected chi connectivity index (χ0v) is 11.5. The van der Waals surface area contributed by atoms with E-state index in [1.807, 2.05) is 0 Å². The summed E-state index contributed by atoms with van der Waals surface area (Å²) in [6.45, 7) is 0. The van der Waals surface area contributed by atoms with Gasteiger partial charge in [-0.2, -0.15) is 0 Å². The van der Waals surface area contributed by atoms with Crippen molar-refractivity contribution in [3.05, 3.63) is 27.7 Å². The molecule has 1 aromatic carbocycles. The first kappa shape index (κ1) is 14.6. The highest BCUT2D eigenvalue weighted by molar-refractivity contribution is 6.44. The van der Waals surface area contributed by atoms with Crippen LogP contribution in [0.15, 0.2) is 12.1 Å². The van der Waals surface area contributed by atoms with E-state index in [9.17, 15) is 9.59 Å². The average molecular weight is 292 g/mol. The molecule has 0 saturated carbocycles. The van der Waals surface area contributed by atoms with Crippen LogP contribution < -0.4 is 4.90 Å². The third kappa shape index (κ3) is 2.68. The van der Waals surface area contributed by atoms with E-state index >= 15 is 0 Å². The molecular formula is C11H11Cl2NO4. The number of carbonyl (C=O) groups is 2. The van der Waals surface area contributed by atoms with Crippen molar-refractivity contribution in [2.45, 2.75) is 0 Å². The number of halogens is 2. The maximum absolute atomic E-state index is 11.6. The van der Waals surface area contributed by atoms with Crippen molar-refractivity contribution in [2.24, 2.45) is 0 Å². The van der Waals surface area contributed by atoms with Crippen LogP contribution in [0.1, 0.15) is 10.4 Å². The van der Waals surface area contributed by atoms with Gasteiger partial charge in [0.15, 0.2) is 0 Å². The second kappa shape index (κ2) is 5.93. The number of carbonyl (C=O) groups excluding carboxylic acids is 2. The van der Waals surface area contributed by atoms with Crippen molar-refractivity contribution in [1.82, 2.24) is 0 Å². The molecule has 0 heterocycles. The normalized spacial score (nSPS) is 9.83. The monoisotopic (exact) mass is 291 g/mol. The number of amides is 1. The second-order valence-corrected chi connectivity index (χ2v) is 4.06. The van der Waals surface area contributed by atoms with Gasteiger partial charge in [0.25, 0.3) is 0 Å². The Morgan fingerprint density at radius 3 is 2.28 bits per heavy atom. The molecule has 7 heteroatoms. The lowest BCUT2D eigenvalue weighted by Gasteiger charge is -2.20. The van der Waals surface area contributed by atoms with Crippen LogP contribution in [0.3, 0.4) is 0 Å². The van der Waals surface area contributed by atoms with E-state index in [1.54, 1.807) is 0 Å². The number of benzene rings is 1. The number of hydrogen-bond donors (Lipinski definition) is 0. The molecular weight excluding hydrogens is 281 g/mol. The van der Waals surface area contributed by atoms with Crippen molar-refractivity contribution in [3.8, 4) is 0 Å². The summed E-state index contributed by atoms with van der Waals surface area (Å²) in [6.07, 6.45) is -0.677. The van der Waals surface area contributed by atoms with Crippen molar-refractivity contribution >= 4 is 41.0 Å². The second-order valence-electron chi connectivity index (χ2n) is 3.28. The van der Waals surface area contributed by atoms with E-state index in [4.69, 9.17) is 23.2 Å². The molecule has 0 N–H and O–H groups in total. The molecule has 0 fully saturated rings. The molecule has 18 heavy (non-hydrogen) atoms. The van der Waals surface area contributed by atoms with Crippen LogP contribution in [0, 0.1) is 0 Å². The van der Waals surface area contributed by atoms with Crippen LogP contribution >= 0.6 is 23.2 Å². The van der Waals surface area contributed by atoms with Crippen molar-refractivity contribution in [2.75, 3.05) is 26.2 Å². The van der Waals surface area contributed by atoms with Crippen molar-refractivity contribution in [1.29, 1.82) is 0 Å². The van der Waals surface area contributed by atoms with Gasteiger partial charge in [0.2, 0.25) is 0 Å². The average Bonchev–Trinajstić information content (AvgIpc) is 2.38. The first-order chi connectivity index (χ1) is 8.43. The number of esters is 1. The molecule has 0 atom stereocenters. The van der Waals surface area contributed by atoms with Gasteiger partial charge >= 0.3 is 12.1 Å². The number of anilines is 1. The quantitative estimate of drug-likeness (QED) is 0.786. The van der Waals surface area contributed by atoms with Gasteiger partial charge in [0, 0.05) is 7.05 Å². The first-order valence-corrected chi connectivity index (χ1v) is 5.57. The van der Waals surface area contributed by atoms with Gasteiger partial charge in [-0.1, -0.05) is 23.2 Å². The van der Waals surface area contributed by atoms with E-state index in [-0.39, 0.29) is 21.3 Å². The molecule has 0 saturated heterocycles. The Hall–Kier alpha value is -1.46. The topological polar surface area (TPSA) is 55.8 Å². The maximum atomic E-state index is 11.6. The van der Waals surface area contributed by atoms with Crippen LogP contribution in [0.25, 0.3) is 0 Å². The van der Waals surface area contributed by atoms with Gasteiger partial charge in [0.05, 0.1) is 35.5 Å². The molecule has 98 valence electrons. The van der Waals surface area contributed by atoms with E-state index in [0.717, 1.165) is 4.90 Å². The lowest BCUT2D eigenvalue weighted by molar-refractivity contribution is 0.0601. The van der Waals surface area contributed by atoms with Gasteiger partial charge in [-0.15, -0.1) is 0 Å². The zero-order valence-electron chi connectivity index (χ0n) is 9.99. The summed E-state index contributed by atoms with van der Waals surface area (Å²) < 4.78 is 9.18. The van der Waals surface area contributed by atoms with Crippen LogP contribution in [0.4, 0.5) is 10.5 Å². The molecule has 0 aromatic heterocycles. The van der Waals surface area contributed by atoms with Crippen LogP contribution in [0.5, 0.6) is 0 Å². The lowest BCUT2D eigenvalue weighted by atomic mass is 10.1. The van der Waals surface area contributed by atoms with Crippen LogP contribution in [-0.2, 0) is 9.47 Å². The fourth-order valence-electron chi connectivity index (χ4n) is 1.37. The third-order valence-electron chi connectivity index (χ3n) is 2.26. The van der Waals surface area contributed by atoms with E-state index in [0.29, 0.717) is 0 Å². The minimum atomic E-state index is -0.677. The summed E-state index contributed by atoms with van der Waals surface area (Å²) in [5, 5.41) is 0.294. The molecule has 5 nitrogen and oxygen atoms in total. The fourth-order valence-corrected chi connectivity index (χ4v) is 1.81. The zero-order chi connectivity index (χ0) is 13.9. The Balaban J connectivity index is 3.42. The smallest absolute Gasteiger partial charge is 0.413 e. The fraction of sp³-hybridized carbons (Fsp3) is 0.273. The molecule has 0 aliphatic rings. The Labute approximate surface area is 114 Å². The SMILES string of the molecule is COC(=O)c1ccc(Cl)c(Cl)c1N(C)C(=O)OC. The Morgan fingerprint density at radius 2 is 1.78 bits per heavy atom. The summed E-state index contributed by atoms with van der Waals surface area (Å²) in [7, 11) is 3.86. The Kier molecular flexibility index (Phi) is 4.81. The molecule has 0 radical (unpaired) electrons. The van der Waals surface area contributed by atoms with Gasteiger partial charge in [0.1, 0.15) is 0 Å². The summed E-state index contributed by atoms with van der Waals surface area (Å²) in [5.41, 5.74) is 0.266. The molecule has 0 spiro atoms. The van der Waals surface area contributed by atoms with Gasteiger partial charge in [-0.3, -0.25) is 4.90 Å². The number of nitrogens with zero attached hydrogens (tertiary/aromatic N) is 1. The van der Waals surface area contributed by atoms with Crippen LogP contribution in [0.2, 0.25) is 10.0 Å². The summed E-state index contributed by atoms with van der Waals surface area (Å²) in [4.78, 5) is 24.2. The minimum Gasteiger partial charge on any atom is -0.465 e. The molecule has 0 aliphatic heterocycles. The van der Waals surface area contributed by atoms with Crippen molar-refractivity contribution < 1.29 is 19.1 Å². The van der Waals surface area contributed by atoms with Crippen LogP contribution in [-0.4, -0.2) is 33.3 Å². The largest absolute Gasteiger partial charge is 0.465 e. The maximum Gasteiger partial charge on any atom is 0.413 e. The number of methoxy groups -OCH3 is 2. The highest BCUT2D eigenvalue weighted by Gasteiger charge is 2.24. The number of hydrogen-bond acceptors (Lipinski definition) is 4. The standard InChI is InChI=1S/C11H11Cl2NO4/c1-14(11(16)18-3)9-6(10(15)17-2)4-5-7(12)8(9)13/h4-5H,1-3H3. The summed E-state index contributed by atoms with van der Waals surface area (Å²) in [5.74, 6) is -0.626. The Morgan fingerprint density at radius 1 is 1.17 bits per heavy atom. The van der Waals surface area contributed by atoms with E-state index in [2.05, 4.69) is 9.47 Å². The summed E-state index contributed by atoms with van der Waals surface area (Å²) >= 11 is 11.9. The molecule has 0 unspecified atom stereocenters. The molecule has 0 aliphatic carbocycles. The van der Waals surface area contributed by atoms with Crippen molar-refractivity contribution in [3.63, 3.8) is 0 Å². The predicted octanol–water partition coefficient (Wildman–Crippen LogP) is 2.98. The number of rotatable bonds is 2. The lowest BCUT2D eigenvalue weighted by Crippen LogP contribution is -2.28. The van der Waals surface area contributed by atoms with E-state index in [1.165, 1.54) is 33.4 Å². The molecule has 1 amide bonds. The Bertz CT molecular complexity index is 490. The predicted molar refractivity (Wildman–Crippen MR) is 68.6 cm³/mol. The molecule has 0 bridgehead atoms. The molecule has 1 rings (SSSR count). The third-order valence-corrected chi connectivity index (χ3v) is 3.05. The van der Waals surface area contributed by atoms with Gasteiger partial charge in [-0.05, 0) is 12.1 Å². The van der Waals surface area contributed by atoms with Gasteiger partial charge in [-0.25, -0.2) is 9.59 Å². The molecule has 1 aromatic rings. The minimum absolute atomic E-state index is 0.0764. The first-order valence-electron chi connectivity index (χ1n) is 4.82. The van der Waals surface area contributed by atoms with E-state index < -0.39 is 12.1 Å². The highest BCUT2D eigenvalue weighted by atomic mass is 35.5. The van der Waals surface area contributed by atoms with Gasteiger partial charge < -0.3 is 9.47 Å². The summed E-state index contributed by atoms with van der Waals surface area (Å²) in [6, 6.07) is 2.87. The highest BCUT2D eigenvalue weighted by Crippen LogP contribution is 2.36.